The van der Waals surface area contributed by atoms with Crippen LogP contribution in [0.15, 0.2) is 47.2 Å². The minimum Gasteiger partial charge on any atom is -0.337 e. The Morgan fingerprint density at radius 2 is 2.12 bits per heavy atom. The van der Waals surface area contributed by atoms with E-state index in [9.17, 15) is 9.18 Å². The number of hydrogen-bond acceptors (Lipinski definition) is 4. The molecule has 3 rings (SSSR count). The van der Waals surface area contributed by atoms with Crippen molar-refractivity contribution in [3.8, 4) is 11.1 Å². The molecule has 3 aromatic rings. The number of anilines is 1. The number of halogens is 1. The Balaban J connectivity index is 1.88. The van der Waals surface area contributed by atoms with Gasteiger partial charge >= 0.3 is 0 Å². The zero-order chi connectivity index (χ0) is 17.1. The first kappa shape index (κ1) is 15.9. The molecule has 0 saturated carbocycles. The molecule has 0 fully saturated rings. The fourth-order valence-corrected chi connectivity index (χ4v) is 2.56. The maximum atomic E-state index is 13.1. The van der Waals surface area contributed by atoms with Gasteiger partial charge in [-0.15, -0.1) is 0 Å². The second-order valence-corrected chi connectivity index (χ2v) is 5.38. The van der Waals surface area contributed by atoms with E-state index in [1.54, 1.807) is 42.2 Å². The van der Waals surface area contributed by atoms with Crippen molar-refractivity contribution in [3.05, 3.63) is 54.2 Å². The number of nitrogens with zero attached hydrogens (tertiary/aromatic N) is 3. The molecule has 124 valence electrons. The van der Waals surface area contributed by atoms with E-state index in [1.165, 1.54) is 12.1 Å². The van der Waals surface area contributed by atoms with E-state index < -0.39 is 6.04 Å². The SMILES string of the molecule is CCC(C(=O)Nc1onc(C)c1-c1ccc(F)cc1)n1cccn1. The van der Waals surface area contributed by atoms with E-state index in [-0.39, 0.29) is 17.6 Å². The first-order valence-electron chi connectivity index (χ1n) is 7.62. The highest BCUT2D eigenvalue weighted by atomic mass is 19.1. The summed E-state index contributed by atoms with van der Waals surface area (Å²) in [6.07, 6.45) is 3.94. The molecule has 0 spiro atoms. The van der Waals surface area contributed by atoms with Crippen molar-refractivity contribution >= 4 is 11.8 Å². The summed E-state index contributed by atoms with van der Waals surface area (Å²) in [5.41, 5.74) is 1.97. The highest BCUT2D eigenvalue weighted by Crippen LogP contribution is 2.32. The number of amides is 1. The van der Waals surface area contributed by atoms with Gasteiger partial charge in [0.15, 0.2) is 0 Å². The number of rotatable bonds is 5. The van der Waals surface area contributed by atoms with E-state index in [0.29, 0.717) is 17.7 Å². The van der Waals surface area contributed by atoms with Crippen LogP contribution >= 0.6 is 0 Å². The van der Waals surface area contributed by atoms with Crippen molar-refractivity contribution < 1.29 is 13.7 Å². The van der Waals surface area contributed by atoms with Crippen molar-refractivity contribution in [2.24, 2.45) is 0 Å². The highest BCUT2D eigenvalue weighted by Gasteiger charge is 2.23. The van der Waals surface area contributed by atoms with E-state index in [0.717, 1.165) is 5.56 Å². The number of carbonyl (C=O) groups is 1. The lowest BCUT2D eigenvalue weighted by Crippen LogP contribution is -2.26. The third-order valence-electron chi connectivity index (χ3n) is 3.77. The summed E-state index contributed by atoms with van der Waals surface area (Å²) < 4.78 is 20.0. The minimum atomic E-state index is -0.452. The lowest BCUT2D eigenvalue weighted by molar-refractivity contribution is -0.119. The predicted octanol–water partition coefficient (Wildman–Crippen LogP) is 3.58. The van der Waals surface area contributed by atoms with Gasteiger partial charge in [-0.2, -0.15) is 5.10 Å². The second kappa shape index (κ2) is 6.66. The van der Waals surface area contributed by atoms with Gasteiger partial charge in [0.05, 0.1) is 11.3 Å². The number of benzene rings is 1. The van der Waals surface area contributed by atoms with Crippen LogP contribution in [0.5, 0.6) is 0 Å². The van der Waals surface area contributed by atoms with Crippen LogP contribution in [-0.2, 0) is 4.79 Å². The molecule has 6 nitrogen and oxygen atoms in total. The molecule has 0 saturated heterocycles. The zero-order valence-corrected chi connectivity index (χ0v) is 13.4. The van der Waals surface area contributed by atoms with Crippen LogP contribution in [0.3, 0.4) is 0 Å². The molecule has 1 amide bonds. The quantitative estimate of drug-likeness (QED) is 0.777. The van der Waals surface area contributed by atoms with Crippen LogP contribution in [0.25, 0.3) is 11.1 Å². The molecule has 2 heterocycles. The molecule has 1 unspecified atom stereocenters. The van der Waals surface area contributed by atoms with Crippen LogP contribution in [0.4, 0.5) is 10.3 Å². The predicted molar refractivity (Wildman–Crippen MR) is 86.8 cm³/mol. The molecular formula is C17H17FN4O2. The van der Waals surface area contributed by atoms with Crippen LogP contribution in [-0.4, -0.2) is 20.8 Å². The lowest BCUT2D eigenvalue weighted by Gasteiger charge is -2.14. The molecule has 7 heteroatoms. The van der Waals surface area contributed by atoms with Gasteiger partial charge in [0.25, 0.3) is 5.91 Å². The average Bonchev–Trinajstić information content (AvgIpc) is 3.20. The van der Waals surface area contributed by atoms with Crippen molar-refractivity contribution in [3.63, 3.8) is 0 Å². The van der Waals surface area contributed by atoms with Crippen LogP contribution in [0, 0.1) is 12.7 Å². The fourth-order valence-electron chi connectivity index (χ4n) is 2.56. The van der Waals surface area contributed by atoms with Gasteiger partial charge in [-0.3, -0.25) is 14.8 Å². The molecule has 0 bridgehead atoms. The van der Waals surface area contributed by atoms with Gasteiger partial charge in [0.1, 0.15) is 11.9 Å². The van der Waals surface area contributed by atoms with Crippen molar-refractivity contribution in [2.45, 2.75) is 26.3 Å². The van der Waals surface area contributed by atoms with Crippen LogP contribution in [0.2, 0.25) is 0 Å². The first-order valence-corrected chi connectivity index (χ1v) is 7.62. The topological polar surface area (TPSA) is 73.0 Å². The molecule has 0 radical (unpaired) electrons. The van der Waals surface area contributed by atoms with E-state index in [1.807, 2.05) is 6.92 Å². The van der Waals surface area contributed by atoms with Gasteiger partial charge < -0.3 is 4.52 Å². The first-order chi connectivity index (χ1) is 11.6. The summed E-state index contributed by atoms with van der Waals surface area (Å²) in [7, 11) is 0. The summed E-state index contributed by atoms with van der Waals surface area (Å²) in [5, 5.41) is 10.8. The van der Waals surface area contributed by atoms with Crippen LogP contribution in [0.1, 0.15) is 25.1 Å². The summed E-state index contributed by atoms with van der Waals surface area (Å²) >= 11 is 0. The Kier molecular flexibility index (Phi) is 4.41. The average molecular weight is 328 g/mol. The normalized spacial score (nSPS) is 12.1. The highest BCUT2D eigenvalue weighted by molar-refractivity contribution is 5.96. The Morgan fingerprint density at radius 3 is 2.75 bits per heavy atom. The number of carbonyl (C=O) groups excluding carboxylic acids is 1. The maximum Gasteiger partial charge on any atom is 0.251 e. The summed E-state index contributed by atoms with van der Waals surface area (Å²) in [6, 6.07) is 7.26. The standard InChI is InChI=1S/C17H17FN4O2/c1-3-14(22-10-4-9-19-22)16(23)20-17-15(11(2)21-24-17)12-5-7-13(18)8-6-12/h4-10,14H,3H2,1-2H3,(H,20,23). The Bertz CT molecular complexity index is 825. The summed E-state index contributed by atoms with van der Waals surface area (Å²) in [4.78, 5) is 12.6. The molecule has 2 aromatic heterocycles. The zero-order valence-electron chi connectivity index (χ0n) is 13.4. The smallest absolute Gasteiger partial charge is 0.251 e. The van der Waals surface area contributed by atoms with E-state index >= 15 is 0 Å². The van der Waals surface area contributed by atoms with Gasteiger partial charge in [0, 0.05) is 12.4 Å². The summed E-state index contributed by atoms with van der Waals surface area (Å²) in [6.45, 7) is 3.67. The third kappa shape index (κ3) is 3.05. The third-order valence-corrected chi connectivity index (χ3v) is 3.77. The molecular weight excluding hydrogens is 311 g/mol. The number of hydrogen-bond donors (Lipinski definition) is 1. The van der Waals surface area contributed by atoms with Crippen LogP contribution < -0.4 is 5.32 Å². The lowest BCUT2D eigenvalue weighted by atomic mass is 10.1. The second-order valence-electron chi connectivity index (χ2n) is 5.38. The molecule has 1 N–H and O–H groups in total. The molecule has 0 aliphatic carbocycles. The molecule has 0 aliphatic heterocycles. The van der Waals surface area contributed by atoms with E-state index in [4.69, 9.17) is 4.52 Å². The Morgan fingerprint density at radius 1 is 1.38 bits per heavy atom. The number of aromatic nitrogens is 3. The van der Waals surface area contributed by atoms with Crippen molar-refractivity contribution in [2.75, 3.05) is 5.32 Å². The largest absolute Gasteiger partial charge is 0.337 e. The monoisotopic (exact) mass is 328 g/mol. The van der Waals surface area contributed by atoms with Gasteiger partial charge in [-0.1, -0.05) is 24.2 Å². The van der Waals surface area contributed by atoms with Crippen molar-refractivity contribution in [1.82, 2.24) is 14.9 Å². The van der Waals surface area contributed by atoms with E-state index in [2.05, 4.69) is 15.6 Å². The molecule has 24 heavy (non-hydrogen) atoms. The van der Waals surface area contributed by atoms with Gasteiger partial charge in [0.2, 0.25) is 5.88 Å². The maximum absolute atomic E-state index is 13.1. The number of nitrogens with one attached hydrogen (secondary N) is 1. The number of aryl methyl sites for hydroxylation is 1. The van der Waals surface area contributed by atoms with Crippen molar-refractivity contribution in [1.29, 1.82) is 0 Å². The molecule has 1 atom stereocenters. The fraction of sp³-hybridized carbons (Fsp3) is 0.235. The Labute approximate surface area is 138 Å². The Hall–Kier alpha value is -2.96. The molecule has 0 aliphatic rings. The summed E-state index contributed by atoms with van der Waals surface area (Å²) in [5.74, 6) is -0.335. The van der Waals surface area contributed by atoms with Gasteiger partial charge in [-0.25, -0.2) is 4.39 Å². The minimum absolute atomic E-state index is 0.245. The van der Waals surface area contributed by atoms with Gasteiger partial charge in [-0.05, 0) is 37.1 Å². The molecule has 1 aromatic carbocycles.